The van der Waals surface area contributed by atoms with Gasteiger partial charge in [-0.15, -0.1) is 11.8 Å². The van der Waals surface area contributed by atoms with Gasteiger partial charge in [0.1, 0.15) is 18.4 Å². The first-order valence-corrected chi connectivity index (χ1v) is 9.91. The van der Waals surface area contributed by atoms with Crippen molar-refractivity contribution in [2.24, 2.45) is 0 Å². The van der Waals surface area contributed by atoms with Crippen molar-refractivity contribution in [2.45, 2.75) is 19.6 Å². The summed E-state index contributed by atoms with van der Waals surface area (Å²) in [5.74, 6) is 1.51. The summed E-state index contributed by atoms with van der Waals surface area (Å²) in [6, 6.07) is 16.1. The molecule has 1 saturated heterocycles. The van der Waals surface area contributed by atoms with E-state index in [1.807, 2.05) is 37.3 Å². The van der Waals surface area contributed by atoms with Gasteiger partial charge in [-0.25, -0.2) is 4.79 Å². The van der Waals surface area contributed by atoms with E-state index in [9.17, 15) is 9.59 Å². The van der Waals surface area contributed by atoms with Crippen LogP contribution in [0.4, 0.5) is 10.5 Å². The molecule has 1 heterocycles. The molecule has 0 aliphatic carbocycles. The Morgan fingerprint density at radius 3 is 2.59 bits per heavy atom. The lowest BCUT2D eigenvalue weighted by Gasteiger charge is -2.22. The molecule has 1 aliphatic heterocycles. The molecular weight excluding hydrogens is 364 g/mol. The van der Waals surface area contributed by atoms with Crippen molar-refractivity contribution in [3.05, 3.63) is 60.2 Å². The molecule has 0 bridgehead atoms. The van der Waals surface area contributed by atoms with Gasteiger partial charge in [-0.1, -0.05) is 30.3 Å². The van der Waals surface area contributed by atoms with Crippen LogP contribution in [-0.2, 0) is 16.1 Å². The van der Waals surface area contributed by atoms with Crippen molar-refractivity contribution in [1.29, 1.82) is 0 Å². The van der Waals surface area contributed by atoms with Crippen LogP contribution >= 0.6 is 11.8 Å². The molecule has 7 heteroatoms. The van der Waals surface area contributed by atoms with E-state index < -0.39 is 12.1 Å². The van der Waals surface area contributed by atoms with Crippen LogP contribution in [-0.4, -0.2) is 41.2 Å². The van der Waals surface area contributed by atoms with Crippen molar-refractivity contribution < 1.29 is 19.1 Å². The van der Waals surface area contributed by atoms with Gasteiger partial charge in [-0.05, 0) is 36.8 Å². The van der Waals surface area contributed by atoms with Crippen LogP contribution in [0.15, 0.2) is 54.6 Å². The molecule has 2 amide bonds. The summed E-state index contributed by atoms with van der Waals surface area (Å²) in [5, 5.41) is 2.85. The number of nitrogens with one attached hydrogen (secondary N) is 1. The van der Waals surface area contributed by atoms with Gasteiger partial charge in [0, 0.05) is 11.4 Å². The highest BCUT2D eigenvalue weighted by Gasteiger charge is 2.35. The topological polar surface area (TPSA) is 67.9 Å². The van der Waals surface area contributed by atoms with Crippen molar-refractivity contribution in [3.8, 4) is 5.75 Å². The number of carbonyl (C=O) groups excluding carboxylic acids is 2. The first-order valence-electron chi connectivity index (χ1n) is 8.76. The number of anilines is 1. The van der Waals surface area contributed by atoms with Gasteiger partial charge in [-0.3, -0.25) is 9.69 Å². The zero-order chi connectivity index (χ0) is 19.1. The highest BCUT2D eigenvalue weighted by molar-refractivity contribution is 7.99. The van der Waals surface area contributed by atoms with Gasteiger partial charge in [-0.2, -0.15) is 0 Å². The number of hydrogen-bond acceptors (Lipinski definition) is 5. The molecule has 3 rings (SSSR count). The Morgan fingerprint density at radius 1 is 1.15 bits per heavy atom. The van der Waals surface area contributed by atoms with Crippen molar-refractivity contribution in [1.82, 2.24) is 4.90 Å². The van der Waals surface area contributed by atoms with E-state index in [1.54, 1.807) is 24.3 Å². The number of thioether (sulfide) groups is 1. The summed E-state index contributed by atoms with van der Waals surface area (Å²) in [6.45, 7) is 2.69. The predicted octanol–water partition coefficient (Wildman–Crippen LogP) is 3.74. The maximum absolute atomic E-state index is 12.6. The number of nitrogens with zero attached hydrogens (tertiary/aromatic N) is 1. The molecule has 1 atom stereocenters. The summed E-state index contributed by atoms with van der Waals surface area (Å²) in [6.07, 6.45) is -0.476. The minimum Gasteiger partial charge on any atom is -0.494 e. The predicted molar refractivity (Wildman–Crippen MR) is 106 cm³/mol. The number of ether oxygens (including phenoxy) is 2. The Kier molecular flexibility index (Phi) is 6.59. The first-order chi connectivity index (χ1) is 13.2. The van der Waals surface area contributed by atoms with Crippen molar-refractivity contribution in [2.75, 3.05) is 23.6 Å². The molecule has 1 fully saturated rings. The van der Waals surface area contributed by atoms with E-state index in [2.05, 4.69) is 5.32 Å². The van der Waals surface area contributed by atoms with Gasteiger partial charge in [0.15, 0.2) is 0 Å². The summed E-state index contributed by atoms with van der Waals surface area (Å²) in [5.41, 5.74) is 1.58. The van der Waals surface area contributed by atoms with Crippen LogP contribution < -0.4 is 10.1 Å². The van der Waals surface area contributed by atoms with Crippen molar-refractivity contribution in [3.63, 3.8) is 0 Å². The number of carbonyl (C=O) groups is 2. The molecule has 27 heavy (non-hydrogen) atoms. The molecule has 2 aromatic carbocycles. The standard InChI is InChI=1S/C20H22N2O4S/c1-2-25-17-10-8-16(9-11-17)21-19(23)18-13-27-14-22(18)20(24)26-12-15-6-4-3-5-7-15/h3-11,18H,2,12-14H2,1H3,(H,21,23)/t18-/m1/s1. The molecule has 0 saturated carbocycles. The van der Waals surface area contributed by atoms with Crippen LogP contribution in [0.3, 0.4) is 0 Å². The molecular formula is C20H22N2O4S. The van der Waals surface area contributed by atoms with Crippen LogP contribution in [0, 0.1) is 0 Å². The van der Waals surface area contributed by atoms with Gasteiger partial charge in [0.05, 0.1) is 12.5 Å². The lowest BCUT2D eigenvalue weighted by atomic mass is 10.2. The molecule has 1 N–H and O–H groups in total. The number of hydrogen-bond donors (Lipinski definition) is 1. The van der Waals surface area contributed by atoms with Crippen LogP contribution in [0.2, 0.25) is 0 Å². The molecule has 0 unspecified atom stereocenters. The summed E-state index contributed by atoms with van der Waals surface area (Å²) < 4.78 is 10.8. The third-order valence-electron chi connectivity index (χ3n) is 4.06. The first kappa shape index (κ1) is 19.1. The van der Waals surface area contributed by atoms with E-state index in [-0.39, 0.29) is 12.5 Å². The maximum atomic E-state index is 12.6. The second-order valence-electron chi connectivity index (χ2n) is 5.97. The van der Waals surface area contributed by atoms with Crippen molar-refractivity contribution >= 4 is 29.4 Å². The minimum atomic E-state index is -0.551. The summed E-state index contributed by atoms with van der Waals surface area (Å²) in [4.78, 5) is 26.5. The van der Waals surface area contributed by atoms with Gasteiger partial charge in [0.2, 0.25) is 5.91 Å². The molecule has 2 aromatic rings. The average Bonchev–Trinajstić information content (AvgIpc) is 3.19. The lowest BCUT2D eigenvalue weighted by Crippen LogP contribution is -2.44. The lowest BCUT2D eigenvalue weighted by molar-refractivity contribution is -0.119. The third-order valence-corrected chi connectivity index (χ3v) is 5.07. The Balaban J connectivity index is 1.56. The quantitative estimate of drug-likeness (QED) is 0.819. The monoisotopic (exact) mass is 386 g/mol. The zero-order valence-electron chi connectivity index (χ0n) is 15.1. The maximum Gasteiger partial charge on any atom is 0.411 e. The fourth-order valence-corrected chi connectivity index (χ4v) is 3.81. The second-order valence-corrected chi connectivity index (χ2v) is 6.97. The van der Waals surface area contributed by atoms with Gasteiger partial charge < -0.3 is 14.8 Å². The van der Waals surface area contributed by atoms with Gasteiger partial charge >= 0.3 is 6.09 Å². The SMILES string of the molecule is CCOc1ccc(NC(=O)[C@H]2CSCN2C(=O)OCc2ccccc2)cc1. The Morgan fingerprint density at radius 2 is 1.89 bits per heavy atom. The van der Waals surface area contributed by atoms with E-state index in [1.165, 1.54) is 16.7 Å². The van der Waals surface area contributed by atoms with Crippen LogP contribution in [0.25, 0.3) is 0 Å². The Hall–Kier alpha value is -2.67. The molecule has 0 radical (unpaired) electrons. The molecule has 0 spiro atoms. The van der Waals surface area contributed by atoms with E-state index >= 15 is 0 Å². The number of amides is 2. The highest BCUT2D eigenvalue weighted by Crippen LogP contribution is 2.24. The van der Waals surface area contributed by atoms with E-state index in [0.717, 1.165) is 11.3 Å². The highest BCUT2D eigenvalue weighted by atomic mass is 32.2. The molecule has 142 valence electrons. The van der Waals surface area contributed by atoms with Crippen LogP contribution in [0.1, 0.15) is 12.5 Å². The summed E-state index contributed by atoms with van der Waals surface area (Å²) >= 11 is 1.53. The normalized spacial score (nSPS) is 16.0. The average molecular weight is 386 g/mol. The third kappa shape index (κ3) is 5.17. The van der Waals surface area contributed by atoms with Crippen LogP contribution in [0.5, 0.6) is 5.75 Å². The molecule has 6 nitrogen and oxygen atoms in total. The molecule has 1 aliphatic rings. The smallest absolute Gasteiger partial charge is 0.411 e. The fraction of sp³-hybridized carbons (Fsp3) is 0.300. The largest absolute Gasteiger partial charge is 0.494 e. The fourth-order valence-electron chi connectivity index (χ4n) is 2.67. The number of benzene rings is 2. The second kappa shape index (κ2) is 9.32. The Labute approximate surface area is 162 Å². The van der Waals surface area contributed by atoms with E-state index in [0.29, 0.717) is 23.9 Å². The van der Waals surface area contributed by atoms with Gasteiger partial charge in [0.25, 0.3) is 0 Å². The molecule has 0 aromatic heterocycles. The van der Waals surface area contributed by atoms with E-state index in [4.69, 9.17) is 9.47 Å². The summed E-state index contributed by atoms with van der Waals surface area (Å²) in [7, 11) is 0. The number of rotatable bonds is 6. The Bertz CT molecular complexity index is 767. The zero-order valence-corrected chi connectivity index (χ0v) is 15.9. The minimum absolute atomic E-state index is 0.189.